The maximum atomic E-state index is 12.2. The highest BCUT2D eigenvalue weighted by molar-refractivity contribution is 6.00. The molecule has 0 aromatic heterocycles. The summed E-state index contributed by atoms with van der Waals surface area (Å²) in [6, 6.07) is 3.69. The van der Waals surface area contributed by atoms with Crippen LogP contribution in [0.2, 0.25) is 0 Å². The molecule has 0 aliphatic rings. The van der Waals surface area contributed by atoms with E-state index in [4.69, 9.17) is 4.74 Å². The van der Waals surface area contributed by atoms with Gasteiger partial charge < -0.3 is 9.64 Å². The van der Waals surface area contributed by atoms with E-state index in [0.717, 1.165) is 11.1 Å². The van der Waals surface area contributed by atoms with Gasteiger partial charge in [0.1, 0.15) is 5.75 Å². The fourth-order valence-corrected chi connectivity index (χ4v) is 1.76. The fraction of sp³-hybridized carbons (Fsp3) is 0.467. The Morgan fingerprint density at radius 2 is 1.68 bits per heavy atom. The van der Waals surface area contributed by atoms with Gasteiger partial charge in [-0.15, -0.1) is 0 Å². The van der Waals surface area contributed by atoms with Crippen molar-refractivity contribution in [2.24, 2.45) is 0 Å². The first-order valence-electron chi connectivity index (χ1n) is 6.25. The number of ketones is 1. The van der Waals surface area contributed by atoms with Crippen LogP contribution in [0.5, 0.6) is 5.75 Å². The van der Waals surface area contributed by atoms with Crippen LogP contribution in [0.3, 0.4) is 0 Å². The van der Waals surface area contributed by atoms with Gasteiger partial charge in [-0.05, 0) is 37.1 Å². The molecule has 0 saturated heterocycles. The molecule has 0 radical (unpaired) electrons. The Hall–Kier alpha value is -1.84. The molecule has 0 spiro atoms. The van der Waals surface area contributed by atoms with Gasteiger partial charge in [-0.1, -0.05) is 0 Å². The minimum atomic E-state index is -0.0600. The van der Waals surface area contributed by atoms with Gasteiger partial charge in [-0.3, -0.25) is 9.59 Å². The molecule has 0 N–H and O–H groups in total. The summed E-state index contributed by atoms with van der Waals surface area (Å²) < 4.78 is 5.24. The lowest BCUT2D eigenvalue weighted by atomic mass is 9.99. The standard InChI is InChI=1S/C15H21NO3/c1-10-8-12(14(19-5)9-11(10)2)13(17)6-7-15(18)16(3)4/h8-9H,6-7H2,1-5H3. The number of amides is 1. The lowest BCUT2D eigenvalue weighted by Crippen LogP contribution is -2.22. The number of hydrogen-bond acceptors (Lipinski definition) is 3. The van der Waals surface area contributed by atoms with Crippen LogP contribution in [0.15, 0.2) is 12.1 Å². The van der Waals surface area contributed by atoms with E-state index in [1.165, 1.54) is 4.90 Å². The molecule has 0 fully saturated rings. The SMILES string of the molecule is COc1cc(C)c(C)cc1C(=O)CCC(=O)N(C)C. The van der Waals surface area contributed by atoms with Crippen molar-refractivity contribution in [2.45, 2.75) is 26.7 Å². The number of benzene rings is 1. The second kappa shape index (κ2) is 6.36. The molecule has 0 atom stereocenters. The first-order chi connectivity index (χ1) is 8.86. The Kier molecular flexibility index (Phi) is 5.10. The number of ether oxygens (including phenoxy) is 1. The van der Waals surface area contributed by atoms with Crippen molar-refractivity contribution >= 4 is 11.7 Å². The maximum Gasteiger partial charge on any atom is 0.222 e. The summed E-state index contributed by atoms with van der Waals surface area (Å²) in [7, 11) is 4.92. The molecule has 1 aromatic carbocycles. The largest absolute Gasteiger partial charge is 0.496 e. The molecule has 4 nitrogen and oxygen atoms in total. The summed E-state index contributed by atoms with van der Waals surface area (Å²) in [5.41, 5.74) is 2.68. The Morgan fingerprint density at radius 1 is 1.11 bits per heavy atom. The zero-order valence-electron chi connectivity index (χ0n) is 12.2. The summed E-state index contributed by atoms with van der Waals surface area (Å²) in [5.74, 6) is 0.469. The van der Waals surface area contributed by atoms with E-state index in [1.54, 1.807) is 21.2 Å². The van der Waals surface area contributed by atoms with E-state index in [9.17, 15) is 9.59 Å². The van der Waals surface area contributed by atoms with E-state index in [2.05, 4.69) is 0 Å². The molecule has 0 aliphatic carbocycles. The van der Waals surface area contributed by atoms with E-state index in [0.29, 0.717) is 11.3 Å². The van der Waals surface area contributed by atoms with Crippen molar-refractivity contribution in [1.29, 1.82) is 0 Å². The predicted octanol–water partition coefficient (Wildman–Crippen LogP) is 2.36. The van der Waals surface area contributed by atoms with Gasteiger partial charge in [0.15, 0.2) is 5.78 Å². The second-order valence-electron chi connectivity index (χ2n) is 4.85. The smallest absolute Gasteiger partial charge is 0.222 e. The Labute approximate surface area is 114 Å². The summed E-state index contributed by atoms with van der Waals surface area (Å²) in [4.78, 5) is 25.2. The third kappa shape index (κ3) is 3.81. The minimum Gasteiger partial charge on any atom is -0.496 e. The third-order valence-corrected chi connectivity index (χ3v) is 3.18. The van der Waals surface area contributed by atoms with E-state index >= 15 is 0 Å². The first kappa shape index (κ1) is 15.2. The Morgan fingerprint density at radius 3 is 2.21 bits per heavy atom. The number of methoxy groups -OCH3 is 1. The van der Waals surface area contributed by atoms with Crippen LogP contribution in [0.1, 0.15) is 34.3 Å². The van der Waals surface area contributed by atoms with Crippen molar-refractivity contribution in [3.05, 3.63) is 28.8 Å². The average Bonchev–Trinajstić information content (AvgIpc) is 2.37. The number of rotatable bonds is 5. The van der Waals surface area contributed by atoms with E-state index in [1.807, 2.05) is 26.0 Å². The highest BCUT2D eigenvalue weighted by atomic mass is 16.5. The highest BCUT2D eigenvalue weighted by Gasteiger charge is 2.15. The lowest BCUT2D eigenvalue weighted by molar-refractivity contribution is -0.128. The number of carbonyl (C=O) groups is 2. The van der Waals surface area contributed by atoms with Gasteiger partial charge in [0.25, 0.3) is 0 Å². The number of aryl methyl sites for hydroxylation is 2. The van der Waals surface area contributed by atoms with E-state index in [-0.39, 0.29) is 24.5 Å². The molecule has 0 heterocycles. The van der Waals surface area contributed by atoms with E-state index < -0.39 is 0 Å². The topological polar surface area (TPSA) is 46.6 Å². The zero-order valence-corrected chi connectivity index (χ0v) is 12.2. The van der Waals surface area contributed by atoms with Crippen LogP contribution in [-0.2, 0) is 4.79 Å². The predicted molar refractivity (Wildman–Crippen MR) is 74.7 cm³/mol. The van der Waals surface area contributed by atoms with Gasteiger partial charge in [0.2, 0.25) is 5.91 Å². The lowest BCUT2D eigenvalue weighted by Gasteiger charge is -2.12. The number of Topliss-reactive ketones (excluding diaryl/α,β-unsaturated/α-hetero) is 1. The number of hydrogen-bond donors (Lipinski definition) is 0. The van der Waals surface area contributed by atoms with Gasteiger partial charge in [0.05, 0.1) is 12.7 Å². The summed E-state index contributed by atoms with van der Waals surface area (Å²) in [6.07, 6.45) is 0.428. The molecule has 4 heteroatoms. The van der Waals surface area contributed by atoms with Crippen LogP contribution >= 0.6 is 0 Å². The molecular formula is C15H21NO3. The molecular weight excluding hydrogens is 242 g/mol. The Bertz CT molecular complexity index is 492. The molecule has 1 rings (SSSR count). The second-order valence-corrected chi connectivity index (χ2v) is 4.85. The summed E-state index contributed by atoms with van der Waals surface area (Å²) in [5, 5.41) is 0. The average molecular weight is 263 g/mol. The number of nitrogens with zero attached hydrogens (tertiary/aromatic N) is 1. The Balaban J connectivity index is 2.88. The molecule has 104 valence electrons. The maximum absolute atomic E-state index is 12.2. The highest BCUT2D eigenvalue weighted by Crippen LogP contribution is 2.24. The molecule has 19 heavy (non-hydrogen) atoms. The number of carbonyl (C=O) groups excluding carboxylic acids is 2. The van der Waals surface area contributed by atoms with Crippen molar-refractivity contribution in [1.82, 2.24) is 4.90 Å². The first-order valence-corrected chi connectivity index (χ1v) is 6.25. The van der Waals surface area contributed by atoms with Gasteiger partial charge in [-0.25, -0.2) is 0 Å². The normalized spacial score (nSPS) is 10.2. The van der Waals surface area contributed by atoms with Crippen molar-refractivity contribution in [3.8, 4) is 5.75 Å². The van der Waals surface area contributed by atoms with Crippen molar-refractivity contribution in [3.63, 3.8) is 0 Å². The molecule has 1 amide bonds. The monoisotopic (exact) mass is 263 g/mol. The van der Waals surface area contributed by atoms with Gasteiger partial charge in [-0.2, -0.15) is 0 Å². The van der Waals surface area contributed by atoms with Crippen molar-refractivity contribution < 1.29 is 14.3 Å². The van der Waals surface area contributed by atoms with Crippen LogP contribution < -0.4 is 4.74 Å². The van der Waals surface area contributed by atoms with Crippen LogP contribution in [0.25, 0.3) is 0 Å². The molecule has 0 unspecified atom stereocenters. The summed E-state index contributed by atoms with van der Waals surface area (Å²) in [6.45, 7) is 3.93. The van der Waals surface area contributed by atoms with Gasteiger partial charge in [0, 0.05) is 26.9 Å². The third-order valence-electron chi connectivity index (χ3n) is 3.18. The fourth-order valence-electron chi connectivity index (χ4n) is 1.76. The van der Waals surface area contributed by atoms with Crippen LogP contribution in [-0.4, -0.2) is 37.8 Å². The zero-order chi connectivity index (χ0) is 14.6. The minimum absolute atomic E-state index is 0.0452. The quantitative estimate of drug-likeness (QED) is 0.766. The molecule has 0 bridgehead atoms. The van der Waals surface area contributed by atoms with Crippen LogP contribution in [0.4, 0.5) is 0 Å². The summed E-state index contributed by atoms with van der Waals surface area (Å²) >= 11 is 0. The van der Waals surface area contributed by atoms with Crippen LogP contribution in [0, 0.1) is 13.8 Å². The van der Waals surface area contributed by atoms with Crippen molar-refractivity contribution in [2.75, 3.05) is 21.2 Å². The molecule has 1 aromatic rings. The van der Waals surface area contributed by atoms with Gasteiger partial charge >= 0.3 is 0 Å². The molecule has 0 aliphatic heterocycles. The molecule has 0 saturated carbocycles.